The minimum atomic E-state index is -3.59. The number of halogens is 1. The second kappa shape index (κ2) is 7.68. The van der Waals surface area contributed by atoms with Crippen molar-refractivity contribution in [3.05, 3.63) is 58.6 Å². The maximum Gasteiger partial charge on any atom is 0.236 e. The fraction of sp³-hybridized carbons (Fsp3) is 0.316. The van der Waals surface area contributed by atoms with Crippen LogP contribution in [0.4, 0.5) is 11.4 Å². The van der Waals surface area contributed by atoms with Crippen LogP contribution in [0.1, 0.15) is 30.9 Å². The summed E-state index contributed by atoms with van der Waals surface area (Å²) in [6, 6.07) is 12.2. The monoisotopic (exact) mass is 392 g/mol. The van der Waals surface area contributed by atoms with Gasteiger partial charge in [0.2, 0.25) is 15.9 Å². The second-order valence-electron chi connectivity index (χ2n) is 6.30. The molecule has 5 nitrogen and oxygen atoms in total. The van der Waals surface area contributed by atoms with E-state index in [-0.39, 0.29) is 11.7 Å². The average Bonchev–Trinajstić information content (AvgIpc) is 2.61. The summed E-state index contributed by atoms with van der Waals surface area (Å²) >= 11 is 6.06. The fourth-order valence-corrected chi connectivity index (χ4v) is 4.65. The first-order valence-electron chi connectivity index (χ1n) is 8.57. The van der Waals surface area contributed by atoms with Crippen LogP contribution in [0.2, 0.25) is 5.02 Å². The van der Waals surface area contributed by atoms with Gasteiger partial charge in [0.15, 0.2) is 0 Å². The van der Waals surface area contributed by atoms with Gasteiger partial charge in [0.1, 0.15) is 0 Å². The van der Waals surface area contributed by atoms with Crippen molar-refractivity contribution in [1.82, 2.24) is 0 Å². The number of rotatable bonds is 5. The highest BCUT2D eigenvalue weighted by Crippen LogP contribution is 2.31. The van der Waals surface area contributed by atoms with Gasteiger partial charge < -0.3 is 4.90 Å². The Balaban J connectivity index is 1.80. The number of nitrogens with one attached hydrogen (secondary N) is 1. The number of amides is 1. The molecule has 2 aromatic carbocycles. The van der Waals surface area contributed by atoms with Gasteiger partial charge in [-0.25, -0.2) is 8.42 Å². The third-order valence-corrected chi connectivity index (χ3v) is 5.98. The molecule has 138 valence electrons. The van der Waals surface area contributed by atoms with Crippen molar-refractivity contribution in [2.24, 2.45) is 0 Å². The lowest BCUT2D eigenvalue weighted by molar-refractivity contribution is -0.118. The molecule has 0 bridgehead atoms. The topological polar surface area (TPSA) is 66.5 Å². The number of hydrogen-bond donors (Lipinski definition) is 1. The molecule has 3 rings (SSSR count). The van der Waals surface area contributed by atoms with Crippen molar-refractivity contribution >= 4 is 38.9 Å². The zero-order valence-electron chi connectivity index (χ0n) is 14.5. The van der Waals surface area contributed by atoms with Crippen molar-refractivity contribution < 1.29 is 13.2 Å². The van der Waals surface area contributed by atoms with Crippen LogP contribution in [0.25, 0.3) is 0 Å². The first-order valence-corrected chi connectivity index (χ1v) is 10.6. The third kappa shape index (κ3) is 4.19. The maximum atomic E-state index is 12.5. The number of hydrogen-bond acceptors (Lipinski definition) is 3. The molecule has 1 amide bonds. The van der Waals surface area contributed by atoms with E-state index in [1.54, 1.807) is 35.2 Å². The Kier molecular flexibility index (Phi) is 5.53. The van der Waals surface area contributed by atoms with E-state index in [1.165, 1.54) is 0 Å². The first-order chi connectivity index (χ1) is 12.4. The van der Waals surface area contributed by atoms with Gasteiger partial charge in [-0.3, -0.25) is 9.52 Å². The highest BCUT2D eigenvalue weighted by atomic mass is 35.5. The Morgan fingerprint density at radius 1 is 1.23 bits per heavy atom. The average molecular weight is 393 g/mol. The van der Waals surface area contributed by atoms with Crippen LogP contribution in [0.3, 0.4) is 0 Å². The van der Waals surface area contributed by atoms with Crippen LogP contribution in [0.15, 0.2) is 42.5 Å². The molecular weight excluding hydrogens is 372 g/mol. The molecule has 7 heteroatoms. The zero-order valence-corrected chi connectivity index (χ0v) is 16.1. The summed E-state index contributed by atoms with van der Waals surface area (Å²) in [5.41, 5.74) is 2.91. The number of benzene rings is 2. The number of nitrogens with zero attached hydrogens (tertiary/aromatic N) is 1. The van der Waals surface area contributed by atoms with Gasteiger partial charge in [-0.2, -0.15) is 0 Å². The molecule has 1 heterocycles. The zero-order chi connectivity index (χ0) is 18.7. The summed E-state index contributed by atoms with van der Waals surface area (Å²) in [7, 11) is -3.59. The predicted octanol–water partition coefficient (Wildman–Crippen LogP) is 3.97. The molecule has 0 aromatic heterocycles. The van der Waals surface area contributed by atoms with Gasteiger partial charge in [-0.1, -0.05) is 36.7 Å². The van der Waals surface area contributed by atoms with E-state index in [2.05, 4.69) is 4.72 Å². The second-order valence-corrected chi connectivity index (χ2v) is 8.43. The summed E-state index contributed by atoms with van der Waals surface area (Å²) in [4.78, 5) is 13.9. The Hall–Kier alpha value is -2.05. The van der Waals surface area contributed by atoms with Crippen LogP contribution >= 0.6 is 11.6 Å². The quantitative estimate of drug-likeness (QED) is 0.837. The fourth-order valence-electron chi connectivity index (χ4n) is 3.15. The number of carbonyl (C=O) groups excluding carboxylic acids is 1. The van der Waals surface area contributed by atoms with Gasteiger partial charge in [0.25, 0.3) is 0 Å². The van der Waals surface area contributed by atoms with E-state index in [0.29, 0.717) is 29.2 Å². The number of sulfonamides is 1. The molecule has 0 spiro atoms. The SMILES string of the molecule is CCC(=O)N1CCCc2cc(NS(=O)(=O)Cc3ccccc3Cl)ccc21. The normalized spacial score (nSPS) is 14.0. The minimum absolute atomic E-state index is 0.0815. The van der Waals surface area contributed by atoms with Crippen LogP contribution in [0.5, 0.6) is 0 Å². The molecule has 26 heavy (non-hydrogen) atoms. The molecule has 1 N–H and O–H groups in total. The molecule has 0 unspecified atom stereocenters. The van der Waals surface area contributed by atoms with Crippen LogP contribution in [-0.2, 0) is 27.0 Å². The summed E-state index contributed by atoms with van der Waals surface area (Å²) < 4.78 is 27.6. The summed E-state index contributed by atoms with van der Waals surface area (Å²) in [5, 5.41) is 0.428. The molecule has 0 radical (unpaired) electrons. The van der Waals surface area contributed by atoms with E-state index in [0.717, 1.165) is 24.1 Å². The number of anilines is 2. The molecular formula is C19H21ClN2O3S. The molecule has 0 saturated carbocycles. The Bertz CT molecular complexity index is 928. The Morgan fingerprint density at radius 3 is 2.73 bits per heavy atom. The van der Waals surface area contributed by atoms with Gasteiger partial charge >= 0.3 is 0 Å². The molecule has 0 aliphatic carbocycles. The van der Waals surface area contributed by atoms with Crippen molar-refractivity contribution in [2.45, 2.75) is 31.9 Å². The van der Waals surface area contributed by atoms with Crippen LogP contribution in [0, 0.1) is 0 Å². The first kappa shape index (κ1) is 18.7. The van der Waals surface area contributed by atoms with Gasteiger partial charge in [0.05, 0.1) is 5.75 Å². The lowest BCUT2D eigenvalue weighted by Gasteiger charge is -2.29. The Morgan fingerprint density at radius 2 is 2.00 bits per heavy atom. The predicted molar refractivity (Wildman–Crippen MR) is 105 cm³/mol. The lowest BCUT2D eigenvalue weighted by atomic mass is 10.0. The smallest absolute Gasteiger partial charge is 0.236 e. The number of fused-ring (bicyclic) bond motifs is 1. The summed E-state index contributed by atoms with van der Waals surface area (Å²) in [5.74, 6) is -0.109. The standard InChI is InChI=1S/C19H21ClN2O3S/c1-2-19(23)22-11-5-7-14-12-16(9-10-18(14)22)21-26(24,25)13-15-6-3-4-8-17(15)20/h3-4,6,8-10,12,21H,2,5,7,11,13H2,1H3. The third-order valence-electron chi connectivity index (χ3n) is 4.38. The molecule has 0 fully saturated rings. The van der Waals surface area contributed by atoms with Crippen LogP contribution in [-0.4, -0.2) is 20.9 Å². The summed E-state index contributed by atoms with van der Waals surface area (Å²) in [6.07, 6.45) is 2.14. The number of carbonyl (C=O) groups is 1. The van der Waals surface area contributed by atoms with E-state index >= 15 is 0 Å². The van der Waals surface area contributed by atoms with Crippen molar-refractivity contribution in [3.8, 4) is 0 Å². The highest BCUT2D eigenvalue weighted by Gasteiger charge is 2.22. The number of aryl methyl sites for hydroxylation is 1. The summed E-state index contributed by atoms with van der Waals surface area (Å²) in [6.45, 7) is 2.55. The molecule has 0 saturated heterocycles. The van der Waals surface area contributed by atoms with E-state index in [1.807, 2.05) is 19.1 Å². The van der Waals surface area contributed by atoms with Crippen molar-refractivity contribution in [1.29, 1.82) is 0 Å². The van der Waals surface area contributed by atoms with Crippen molar-refractivity contribution in [2.75, 3.05) is 16.2 Å². The van der Waals surface area contributed by atoms with Crippen LogP contribution < -0.4 is 9.62 Å². The van der Waals surface area contributed by atoms with Gasteiger partial charge in [-0.15, -0.1) is 0 Å². The molecule has 1 aliphatic rings. The minimum Gasteiger partial charge on any atom is -0.312 e. The van der Waals surface area contributed by atoms with E-state index in [9.17, 15) is 13.2 Å². The molecule has 2 aromatic rings. The highest BCUT2D eigenvalue weighted by molar-refractivity contribution is 7.91. The largest absolute Gasteiger partial charge is 0.312 e. The van der Waals surface area contributed by atoms with Gasteiger partial charge in [-0.05, 0) is 48.2 Å². The maximum absolute atomic E-state index is 12.5. The van der Waals surface area contributed by atoms with E-state index in [4.69, 9.17) is 11.6 Å². The van der Waals surface area contributed by atoms with Crippen molar-refractivity contribution in [3.63, 3.8) is 0 Å². The lowest BCUT2D eigenvalue weighted by Crippen LogP contribution is -2.34. The van der Waals surface area contributed by atoms with Gasteiger partial charge in [0, 0.05) is 29.4 Å². The molecule has 0 atom stereocenters. The molecule has 1 aliphatic heterocycles. The van der Waals surface area contributed by atoms with E-state index < -0.39 is 10.0 Å². The Labute approximate surface area is 159 Å².